The molecule has 25 heavy (non-hydrogen) atoms. The molecular weight excluding hydrogens is 316 g/mol. The Kier molecular flexibility index (Phi) is 6.04. The van der Waals surface area contributed by atoms with Gasteiger partial charge in [0.05, 0.1) is 13.1 Å². The van der Waals surface area contributed by atoms with E-state index in [4.69, 9.17) is 0 Å². The lowest BCUT2D eigenvalue weighted by molar-refractivity contribution is -0.132. The first-order valence-corrected chi connectivity index (χ1v) is 9.17. The third kappa shape index (κ3) is 4.80. The van der Waals surface area contributed by atoms with Gasteiger partial charge in [-0.2, -0.15) is 0 Å². The molecule has 0 atom stereocenters. The lowest BCUT2D eigenvalue weighted by Gasteiger charge is -2.35. The van der Waals surface area contributed by atoms with Crippen LogP contribution in [0, 0.1) is 0 Å². The summed E-state index contributed by atoms with van der Waals surface area (Å²) >= 11 is 0. The Balaban J connectivity index is 1.41. The fourth-order valence-electron chi connectivity index (χ4n) is 3.46. The van der Waals surface area contributed by atoms with E-state index in [2.05, 4.69) is 9.80 Å². The zero-order valence-electron chi connectivity index (χ0n) is 15.1. The quantitative estimate of drug-likeness (QED) is 0.796. The average Bonchev–Trinajstić information content (AvgIpc) is 3.18. The Morgan fingerprint density at radius 2 is 1.44 bits per heavy atom. The van der Waals surface area contributed by atoms with Gasteiger partial charge in [0.2, 0.25) is 11.8 Å². The van der Waals surface area contributed by atoms with Crippen LogP contribution in [-0.2, 0) is 9.59 Å². The number of likely N-dealkylation sites (tertiary alicyclic amines) is 1. The van der Waals surface area contributed by atoms with Gasteiger partial charge >= 0.3 is 0 Å². The summed E-state index contributed by atoms with van der Waals surface area (Å²) in [7, 11) is 1.82. The maximum Gasteiger partial charge on any atom is 0.240 e. The topological polar surface area (TPSA) is 47.1 Å². The van der Waals surface area contributed by atoms with Gasteiger partial charge in [-0.3, -0.25) is 19.4 Å². The molecular formula is C19H28N4O2. The van der Waals surface area contributed by atoms with Crippen LogP contribution in [0.15, 0.2) is 30.3 Å². The fourth-order valence-corrected chi connectivity index (χ4v) is 3.46. The minimum absolute atomic E-state index is 0.104. The molecule has 2 saturated heterocycles. The van der Waals surface area contributed by atoms with Crippen molar-refractivity contribution in [3.05, 3.63) is 30.3 Å². The number of anilines is 1. The Labute approximate surface area is 150 Å². The number of para-hydroxylation sites is 1. The van der Waals surface area contributed by atoms with Gasteiger partial charge in [0.1, 0.15) is 0 Å². The lowest BCUT2D eigenvalue weighted by Crippen LogP contribution is -2.51. The molecule has 2 amide bonds. The van der Waals surface area contributed by atoms with Crippen molar-refractivity contribution >= 4 is 17.5 Å². The highest BCUT2D eigenvalue weighted by Gasteiger charge is 2.24. The molecule has 0 radical (unpaired) electrons. The van der Waals surface area contributed by atoms with Gasteiger partial charge in [-0.1, -0.05) is 18.2 Å². The SMILES string of the molecule is CN(C(=O)CN1CCN(CC(=O)N2CCCC2)CC1)c1ccccc1. The van der Waals surface area contributed by atoms with Crippen LogP contribution in [-0.4, -0.2) is 85.9 Å². The van der Waals surface area contributed by atoms with Crippen LogP contribution < -0.4 is 4.90 Å². The van der Waals surface area contributed by atoms with E-state index in [0.29, 0.717) is 13.1 Å². The Hall–Kier alpha value is -1.92. The van der Waals surface area contributed by atoms with Gasteiger partial charge < -0.3 is 9.80 Å². The normalized spacial score (nSPS) is 19.2. The number of carbonyl (C=O) groups excluding carboxylic acids is 2. The first-order valence-electron chi connectivity index (χ1n) is 9.17. The molecule has 0 saturated carbocycles. The second-order valence-electron chi connectivity index (χ2n) is 6.93. The van der Waals surface area contributed by atoms with E-state index < -0.39 is 0 Å². The van der Waals surface area contributed by atoms with Crippen LogP contribution in [0.2, 0.25) is 0 Å². The molecule has 2 aliphatic rings. The van der Waals surface area contributed by atoms with Gasteiger partial charge in [-0.25, -0.2) is 0 Å². The lowest BCUT2D eigenvalue weighted by atomic mass is 10.2. The van der Waals surface area contributed by atoms with Crippen molar-refractivity contribution in [2.75, 3.05) is 64.3 Å². The van der Waals surface area contributed by atoms with Crippen molar-refractivity contribution in [2.24, 2.45) is 0 Å². The van der Waals surface area contributed by atoms with Crippen LogP contribution >= 0.6 is 0 Å². The number of likely N-dealkylation sites (N-methyl/N-ethyl adjacent to an activating group) is 1. The molecule has 3 rings (SSSR count). The molecule has 2 heterocycles. The predicted octanol–water partition coefficient (Wildman–Crippen LogP) is 0.889. The third-order valence-electron chi connectivity index (χ3n) is 5.16. The van der Waals surface area contributed by atoms with Gasteiger partial charge in [-0.15, -0.1) is 0 Å². The highest BCUT2D eigenvalue weighted by Crippen LogP contribution is 2.12. The van der Waals surface area contributed by atoms with E-state index in [-0.39, 0.29) is 11.8 Å². The number of piperazine rings is 1. The molecule has 0 unspecified atom stereocenters. The number of amides is 2. The number of benzene rings is 1. The number of nitrogens with zero attached hydrogens (tertiary/aromatic N) is 4. The Morgan fingerprint density at radius 3 is 2.04 bits per heavy atom. The average molecular weight is 344 g/mol. The number of hydrogen-bond acceptors (Lipinski definition) is 4. The van der Waals surface area contributed by atoms with E-state index >= 15 is 0 Å². The minimum atomic E-state index is 0.104. The zero-order chi connectivity index (χ0) is 17.6. The van der Waals surface area contributed by atoms with Crippen LogP contribution in [0.4, 0.5) is 5.69 Å². The van der Waals surface area contributed by atoms with E-state index in [1.807, 2.05) is 42.3 Å². The molecule has 2 aliphatic heterocycles. The molecule has 0 aromatic heterocycles. The molecule has 2 fully saturated rings. The molecule has 6 heteroatoms. The van der Waals surface area contributed by atoms with Crippen LogP contribution in [0.5, 0.6) is 0 Å². The molecule has 136 valence electrons. The van der Waals surface area contributed by atoms with E-state index in [9.17, 15) is 9.59 Å². The van der Waals surface area contributed by atoms with Crippen molar-refractivity contribution in [3.63, 3.8) is 0 Å². The summed E-state index contributed by atoms with van der Waals surface area (Å²) in [6.45, 7) is 6.15. The summed E-state index contributed by atoms with van der Waals surface area (Å²) in [6.07, 6.45) is 2.27. The van der Waals surface area contributed by atoms with Crippen molar-refractivity contribution in [1.29, 1.82) is 0 Å². The molecule has 0 bridgehead atoms. The Bertz CT molecular complexity index is 578. The molecule has 6 nitrogen and oxygen atoms in total. The largest absolute Gasteiger partial charge is 0.342 e. The summed E-state index contributed by atoms with van der Waals surface area (Å²) in [6, 6.07) is 9.72. The number of rotatable bonds is 5. The smallest absolute Gasteiger partial charge is 0.240 e. The third-order valence-corrected chi connectivity index (χ3v) is 5.16. The van der Waals surface area contributed by atoms with Crippen molar-refractivity contribution in [2.45, 2.75) is 12.8 Å². The highest BCUT2D eigenvalue weighted by atomic mass is 16.2. The minimum Gasteiger partial charge on any atom is -0.342 e. The van der Waals surface area contributed by atoms with E-state index in [1.165, 1.54) is 0 Å². The van der Waals surface area contributed by atoms with E-state index in [0.717, 1.165) is 57.8 Å². The number of carbonyl (C=O) groups is 2. The van der Waals surface area contributed by atoms with Crippen LogP contribution in [0.1, 0.15) is 12.8 Å². The first kappa shape index (κ1) is 17.9. The maximum absolute atomic E-state index is 12.5. The van der Waals surface area contributed by atoms with Crippen molar-refractivity contribution < 1.29 is 9.59 Å². The van der Waals surface area contributed by atoms with Crippen molar-refractivity contribution in [3.8, 4) is 0 Å². The molecule has 0 N–H and O–H groups in total. The van der Waals surface area contributed by atoms with E-state index in [1.54, 1.807) is 4.90 Å². The van der Waals surface area contributed by atoms with Crippen LogP contribution in [0.25, 0.3) is 0 Å². The summed E-state index contributed by atoms with van der Waals surface area (Å²) in [5.41, 5.74) is 0.919. The second-order valence-corrected chi connectivity index (χ2v) is 6.93. The summed E-state index contributed by atoms with van der Waals surface area (Å²) in [5.74, 6) is 0.360. The Morgan fingerprint density at radius 1 is 0.880 bits per heavy atom. The second kappa shape index (κ2) is 8.45. The van der Waals surface area contributed by atoms with Crippen LogP contribution in [0.3, 0.4) is 0 Å². The zero-order valence-corrected chi connectivity index (χ0v) is 15.1. The fraction of sp³-hybridized carbons (Fsp3) is 0.579. The predicted molar refractivity (Wildman–Crippen MR) is 98.5 cm³/mol. The van der Waals surface area contributed by atoms with Gasteiger partial charge in [0.25, 0.3) is 0 Å². The summed E-state index contributed by atoms with van der Waals surface area (Å²) < 4.78 is 0. The van der Waals surface area contributed by atoms with Gasteiger partial charge in [0, 0.05) is 52.0 Å². The molecule has 1 aromatic rings. The number of hydrogen-bond donors (Lipinski definition) is 0. The maximum atomic E-state index is 12.5. The van der Waals surface area contributed by atoms with Crippen molar-refractivity contribution in [1.82, 2.24) is 14.7 Å². The molecule has 1 aromatic carbocycles. The first-order chi connectivity index (χ1) is 12.1. The van der Waals surface area contributed by atoms with Gasteiger partial charge in [0.15, 0.2) is 0 Å². The highest BCUT2D eigenvalue weighted by molar-refractivity contribution is 5.94. The summed E-state index contributed by atoms with van der Waals surface area (Å²) in [4.78, 5) is 32.8. The molecule has 0 spiro atoms. The van der Waals surface area contributed by atoms with Gasteiger partial charge in [-0.05, 0) is 25.0 Å². The molecule has 0 aliphatic carbocycles. The summed E-state index contributed by atoms with van der Waals surface area (Å²) in [5, 5.41) is 0. The monoisotopic (exact) mass is 344 g/mol. The standard InChI is InChI=1S/C19H28N4O2/c1-20(17-7-3-2-4-8-17)18(24)15-21-11-13-22(14-12-21)16-19(25)23-9-5-6-10-23/h2-4,7-8H,5-6,9-16H2,1H3.